The molecule has 0 radical (unpaired) electrons. The molecule has 1 aromatic rings. The lowest BCUT2D eigenvalue weighted by Crippen LogP contribution is -2.33. The van der Waals surface area contributed by atoms with E-state index in [4.69, 9.17) is 0 Å². The van der Waals surface area contributed by atoms with Gasteiger partial charge in [-0.3, -0.25) is 0 Å². The molecule has 2 unspecified atom stereocenters. The van der Waals surface area contributed by atoms with Crippen LogP contribution in [0.15, 0.2) is 24.3 Å². The van der Waals surface area contributed by atoms with Crippen LogP contribution in [-0.2, 0) is 0 Å². The van der Waals surface area contributed by atoms with Gasteiger partial charge in [-0.1, -0.05) is 50.6 Å². The first-order valence-electron chi connectivity index (χ1n) is 6.49. The number of aryl methyl sites for hydroxylation is 1. The first-order valence-corrected chi connectivity index (χ1v) is 6.49. The van der Waals surface area contributed by atoms with Crippen LogP contribution >= 0.6 is 0 Å². The average Bonchev–Trinajstić information content (AvgIpc) is 2.30. The molecular weight excluding hydrogens is 194 g/mol. The molecule has 0 aliphatic heterocycles. The molecule has 90 valence electrons. The lowest BCUT2D eigenvalue weighted by Gasteiger charge is -2.24. The molecule has 2 atom stereocenters. The van der Waals surface area contributed by atoms with Gasteiger partial charge in [0.25, 0.3) is 0 Å². The van der Waals surface area contributed by atoms with Crippen molar-refractivity contribution in [3.63, 3.8) is 0 Å². The van der Waals surface area contributed by atoms with E-state index in [1.807, 2.05) is 0 Å². The van der Waals surface area contributed by atoms with Crippen molar-refractivity contribution in [1.29, 1.82) is 0 Å². The molecule has 0 aliphatic carbocycles. The Balaban J connectivity index is 2.66. The second-order valence-corrected chi connectivity index (χ2v) is 4.67. The van der Waals surface area contributed by atoms with Gasteiger partial charge in [0.15, 0.2) is 0 Å². The summed E-state index contributed by atoms with van der Waals surface area (Å²) in [6.45, 7) is 10.1. The summed E-state index contributed by atoms with van der Waals surface area (Å²) < 4.78 is 0. The molecule has 0 saturated carbocycles. The molecule has 1 N–H and O–H groups in total. The predicted octanol–water partition coefficient (Wildman–Crippen LogP) is 3.88. The van der Waals surface area contributed by atoms with Gasteiger partial charge in [0, 0.05) is 6.04 Å². The number of hydrogen-bond acceptors (Lipinski definition) is 1. The summed E-state index contributed by atoms with van der Waals surface area (Å²) >= 11 is 0. The summed E-state index contributed by atoms with van der Waals surface area (Å²) in [5.74, 6) is 0.595. The van der Waals surface area contributed by atoms with E-state index in [0.717, 1.165) is 6.54 Å². The summed E-state index contributed by atoms with van der Waals surface area (Å²) in [5, 5.41) is 3.63. The summed E-state index contributed by atoms with van der Waals surface area (Å²) in [6.07, 6.45) is 2.40. The predicted molar refractivity (Wildman–Crippen MR) is 72.0 cm³/mol. The van der Waals surface area contributed by atoms with E-state index >= 15 is 0 Å². The minimum Gasteiger partial charge on any atom is -0.313 e. The van der Waals surface area contributed by atoms with E-state index in [0.29, 0.717) is 12.0 Å². The Morgan fingerprint density at radius 1 is 1.12 bits per heavy atom. The highest BCUT2D eigenvalue weighted by atomic mass is 14.9. The van der Waals surface area contributed by atoms with Crippen molar-refractivity contribution in [3.05, 3.63) is 35.4 Å². The highest BCUT2D eigenvalue weighted by Crippen LogP contribution is 2.21. The number of rotatable bonds is 6. The molecule has 0 heterocycles. The minimum atomic E-state index is 0.595. The lowest BCUT2D eigenvalue weighted by atomic mass is 9.91. The summed E-state index contributed by atoms with van der Waals surface area (Å²) in [5.41, 5.74) is 2.78. The van der Waals surface area contributed by atoms with Gasteiger partial charge in [0.05, 0.1) is 0 Å². The van der Waals surface area contributed by atoms with E-state index in [1.54, 1.807) is 0 Å². The van der Waals surface area contributed by atoms with Crippen molar-refractivity contribution in [3.8, 4) is 0 Å². The van der Waals surface area contributed by atoms with E-state index in [-0.39, 0.29) is 0 Å². The smallest absolute Gasteiger partial charge is 0.0130 e. The molecule has 0 spiro atoms. The maximum Gasteiger partial charge on any atom is 0.0130 e. The van der Waals surface area contributed by atoms with Crippen molar-refractivity contribution in [1.82, 2.24) is 5.32 Å². The Hall–Kier alpha value is -0.820. The van der Waals surface area contributed by atoms with Crippen LogP contribution in [0.2, 0.25) is 0 Å². The third kappa shape index (κ3) is 3.64. The molecule has 0 saturated heterocycles. The molecule has 1 nitrogen and oxygen atoms in total. The van der Waals surface area contributed by atoms with Crippen LogP contribution in [0.4, 0.5) is 0 Å². The molecular formula is C15H25N. The molecule has 0 aliphatic rings. The molecule has 1 rings (SSSR count). The van der Waals surface area contributed by atoms with Gasteiger partial charge in [-0.15, -0.1) is 0 Å². The monoisotopic (exact) mass is 219 g/mol. The molecule has 16 heavy (non-hydrogen) atoms. The van der Waals surface area contributed by atoms with E-state index in [2.05, 4.69) is 57.3 Å². The topological polar surface area (TPSA) is 12.0 Å². The quantitative estimate of drug-likeness (QED) is 0.765. The second-order valence-electron chi connectivity index (χ2n) is 4.67. The van der Waals surface area contributed by atoms with E-state index in [1.165, 1.54) is 24.0 Å². The highest BCUT2D eigenvalue weighted by Gasteiger charge is 2.15. The van der Waals surface area contributed by atoms with E-state index in [9.17, 15) is 0 Å². The number of benzene rings is 1. The zero-order valence-electron chi connectivity index (χ0n) is 11.1. The Morgan fingerprint density at radius 2 is 1.75 bits per heavy atom. The Bertz CT molecular complexity index is 289. The molecule has 0 amide bonds. The van der Waals surface area contributed by atoms with Gasteiger partial charge in [-0.25, -0.2) is 0 Å². The number of nitrogens with one attached hydrogen (secondary N) is 1. The van der Waals surface area contributed by atoms with E-state index < -0.39 is 0 Å². The van der Waals surface area contributed by atoms with Gasteiger partial charge in [-0.2, -0.15) is 0 Å². The van der Waals surface area contributed by atoms with Crippen LogP contribution in [0.1, 0.15) is 50.7 Å². The second kappa shape index (κ2) is 6.70. The molecule has 0 aromatic heterocycles. The summed E-state index contributed by atoms with van der Waals surface area (Å²) in [7, 11) is 0. The Kier molecular flexibility index (Phi) is 5.54. The maximum absolute atomic E-state index is 3.63. The lowest BCUT2D eigenvalue weighted by molar-refractivity contribution is 0.438. The van der Waals surface area contributed by atoms with Gasteiger partial charge < -0.3 is 5.32 Å². The van der Waals surface area contributed by atoms with Crippen LogP contribution in [0, 0.1) is 6.92 Å². The minimum absolute atomic E-state index is 0.595. The Labute approximate surface area is 100 Å². The average molecular weight is 219 g/mol. The van der Waals surface area contributed by atoms with Crippen LogP contribution in [0.25, 0.3) is 0 Å². The van der Waals surface area contributed by atoms with Gasteiger partial charge in [-0.05, 0) is 37.8 Å². The third-order valence-electron chi connectivity index (χ3n) is 3.30. The summed E-state index contributed by atoms with van der Waals surface area (Å²) in [6, 6.07) is 9.53. The molecule has 1 heteroatoms. The van der Waals surface area contributed by atoms with Crippen LogP contribution in [0.3, 0.4) is 0 Å². The van der Waals surface area contributed by atoms with Crippen molar-refractivity contribution in [2.45, 2.75) is 52.5 Å². The zero-order valence-corrected chi connectivity index (χ0v) is 11.1. The van der Waals surface area contributed by atoms with Gasteiger partial charge in [0.2, 0.25) is 0 Å². The molecule has 0 bridgehead atoms. The van der Waals surface area contributed by atoms with Gasteiger partial charge >= 0.3 is 0 Å². The van der Waals surface area contributed by atoms with Crippen LogP contribution < -0.4 is 5.32 Å². The van der Waals surface area contributed by atoms with Crippen molar-refractivity contribution < 1.29 is 0 Å². The largest absolute Gasteiger partial charge is 0.313 e. The number of hydrogen-bond donors (Lipinski definition) is 1. The Morgan fingerprint density at radius 3 is 2.25 bits per heavy atom. The fourth-order valence-electron chi connectivity index (χ4n) is 2.11. The van der Waals surface area contributed by atoms with Crippen molar-refractivity contribution in [2.75, 3.05) is 6.54 Å². The normalized spacial score (nSPS) is 14.8. The zero-order chi connectivity index (χ0) is 12.0. The third-order valence-corrected chi connectivity index (χ3v) is 3.30. The van der Waals surface area contributed by atoms with Crippen molar-refractivity contribution in [2.24, 2.45) is 0 Å². The molecule has 0 fully saturated rings. The van der Waals surface area contributed by atoms with Crippen LogP contribution in [0.5, 0.6) is 0 Å². The maximum atomic E-state index is 3.63. The van der Waals surface area contributed by atoms with Crippen molar-refractivity contribution >= 4 is 0 Å². The fraction of sp³-hybridized carbons (Fsp3) is 0.600. The molecule has 1 aromatic carbocycles. The SMILES string of the molecule is CCCNC(CC)C(C)c1ccc(C)cc1. The highest BCUT2D eigenvalue weighted by molar-refractivity contribution is 5.25. The fourth-order valence-corrected chi connectivity index (χ4v) is 2.11. The summed E-state index contributed by atoms with van der Waals surface area (Å²) in [4.78, 5) is 0. The first kappa shape index (κ1) is 13.2. The van der Waals surface area contributed by atoms with Crippen LogP contribution in [-0.4, -0.2) is 12.6 Å². The first-order chi connectivity index (χ1) is 7.69. The van der Waals surface area contributed by atoms with Gasteiger partial charge in [0.1, 0.15) is 0 Å². The standard InChI is InChI=1S/C15H25N/c1-5-11-16-15(6-2)13(4)14-9-7-12(3)8-10-14/h7-10,13,15-16H,5-6,11H2,1-4H3.